The number of halogens is 1. The van der Waals surface area contributed by atoms with Crippen LogP contribution < -0.4 is 14.4 Å². The number of amides is 1. The fourth-order valence-electron chi connectivity index (χ4n) is 1.60. The topological polar surface area (TPSA) is 51.7 Å². The molecule has 0 atom stereocenters. The van der Waals surface area contributed by atoms with Crippen molar-refractivity contribution in [2.24, 2.45) is 0 Å². The van der Waals surface area contributed by atoms with E-state index < -0.39 is 6.09 Å². The standard InChI is InChI=1S/C15H15ClN2O3/c1-10-7-8-11(9-12(10)16)21-15(19)18(2)13-5-4-6-14(17-13)20-3/h4-9H,1-3H3. The van der Waals surface area contributed by atoms with Gasteiger partial charge in [0.15, 0.2) is 0 Å². The molecule has 0 aliphatic heterocycles. The lowest BCUT2D eigenvalue weighted by atomic mass is 10.2. The van der Waals surface area contributed by atoms with E-state index in [2.05, 4.69) is 4.98 Å². The first-order valence-electron chi connectivity index (χ1n) is 6.24. The maximum absolute atomic E-state index is 12.1. The molecule has 2 rings (SSSR count). The van der Waals surface area contributed by atoms with E-state index in [1.165, 1.54) is 12.0 Å². The van der Waals surface area contributed by atoms with E-state index in [-0.39, 0.29) is 0 Å². The molecule has 0 fully saturated rings. The normalized spacial score (nSPS) is 10.1. The number of aromatic nitrogens is 1. The van der Waals surface area contributed by atoms with Crippen molar-refractivity contribution in [1.29, 1.82) is 0 Å². The lowest BCUT2D eigenvalue weighted by Gasteiger charge is -2.16. The lowest BCUT2D eigenvalue weighted by Crippen LogP contribution is -2.30. The number of carbonyl (C=O) groups is 1. The zero-order valence-corrected chi connectivity index (χ0v) is 12.7. The van der Waals surface area contributed by atoms with Crippen LogP contribution in [-0.4, -0.2) is 25.2 Å². The van der Waals surface area contributed by atoms with Crippen LogP contribution in [0.1, 0.15) is 5.56 Å². The number of ether oxygens (including phenoxy) is 2. The van der Waals surface area contributed by atoms with Gasteiger partial charge in [-0.15, -0.1) is 0 Å². The van der Waals surface area contributed by atoms with E-state index in [9.17, 15) is 4.79 Å². The number of aryl methyl sites for hydroxylation is 1. The van der Waals surface area contributed by atoms with Crippen LogP contribution in [0.25, 0.3) is 0 Å². The van der Waals surface area contributed by atoms with Gasteiger partial charge in [-0.05, 0) is 30.7 Å². The Kier molecular flexibility index (Phi) is 4.65. The molecule has 0 bridgehead atoms. The maximum atomic E-state index is 12.1. The number of hydrogen-bond donors (Lipinski definition) is 0. The molecule has 1 heterocycles. The van der Waals surface area contributed by atoms with E-state index in [4.69, 9.17) is 21.1 Å². The number of nitrogens with zero attached hydrogens (tertiary/aromatic N) is 2. The minimum absolute atomic E-state index is 0.380. The Morgan fingerprint density at radius 3 is 2.71 bits per heavy atom. The summed E-state index contributed by atoms with van der Waals surface area (Å²) in [4.78, 5) is 17.5. The molecule has 0 radical (unpaired) electrons. The summed E-state index contributed by atoms with van der Waals surface area (Å²) in [5, 5.41) is 0.544. The van der Waals surface area contributed by atoms with Gasteiger partial charge in [0.25, 0.3) is 0 Å². The molecule has 1 aromatic carbocycles. The first kappa shape index (κ1) is 15.1. The van der Waals surface area contributed by atoms with Crippen LogP contribution in [0.4, 0.5) is 10.6 Å². The number of carbonyl (C=O) groups excluding carboxylic acids is 1. The Labute approximate surface area is 128 Å². The fraction of sp³-hybridized carbons (Fsp3) is 0.200. The average molecular weight is 307 g/mol. The first-order chi connectivity index (χ1) is 10.0. The predicted molar refractivity (Wildman–Crippen MR) is 81.4 cm³/mol. The van der Waals surface area contributed by atoms with Gasteiger partial charge in [-0.2, -0.15) is 4.98 Å². The number of benzene rings is 1. The van der Waals surface area contributed by atoms with Gasteiger partial charge in [0.05, 0.1) is 7.11 Å². The molecule has 0 aliphatic rings. The molecule has 1 aromatic heterocycles. The van der Waals surface area contributed by atoms with Gasteiger partial charge in [0.2, 0.25) is 5.88 Å². The van der Waals surface area contributed by atoms with E-state index >= 15 is 0 Å². The SMILES string of the molecule is COc1cccc(N(C)C(=O)Oc2ccc(C)c(Cl)c2)n1. The number of pyridine rings is 1. The van der Waals surface area contributed by atoms with Crippen molar-refractivity contribution in [3.8, 4) is 11.6 Å². The van der Waals surface area contributed by atoms with Gasteiger partial charge in [0.1, 0.15) is 11.6 Å². The van der Waals surface area contributed by atoms with Crippen LogP contribution in [-0.2, 0) is 0 Å². The van der Waals surface area contributed by atoms with Crippen molar-refractivity contribution in [3.05, 3.63) is 47.0 Å². The Morgan fingerprint density at radius 1 is 1.29 bits per heavy atom. The van der Waals surface area contributed by atoms with Crippen LogP contribution >= 0.6 is 11.6 Å². The Morgan fingerprint density at radius 2 is 2.05 bits per heavy atom. The summed E-state index contributed by atoms with van der Waals surface area (Å²) >= 11 is 6.00. The molecule has 0 saturated heterocycles. The molecule has 0 saturated carbocycles. The van der Waals surface area contributed by atoms with Gasteiger partial charge in [-0.3, -0.25) is 4.90 Å². The number of anilines is 1. The summed E-state index contributed by atoms with van der Waals surface area (Å²) in [5.41, 5.74) is 0.916. The van der Waals surface area contributed by atoms with Crippen molar-refractivity contribution in [2.45, 2.75) is 6.92 Å². The van der Waals surface area contributed by atoms with Crippen molar-refractivity contribution in [1.82, 2.24) is 4.98 Å². The first-order valence-corrected chi connectivity index (χ1v) is 6.62. The van der Waals surface area contributed by atoms with Crippen molar-refractivity contribution in [2.75, 3.05) is 19.1 Å². The highest BCUT2D eigenvalue weighted by Gasteiger charge is 2.15. The van der Waals surface area contributed by atoms with Gasteiger partial charge in [-0.1, -0.05) is 23.7 Å². The van der Waals surface area contributed by atoms with Gasteiger partial charge >= 0.3 is 6.09 Å². The van der Waals surface area contributed by atoms with Crippen LogP contribution in [0.3, 0.4) is 0 Å². The Bertz CT molecular complexity index is 661. The summed E-state index contributed by atoms with van der Waals surface area (Å²) in [6.45, 7) is 1.88. The van der Waals surface area contributed by atoms with Crippen molar-refractivity contribution >= 4 is 23.5 Å². The third-order valence-corrected chi connectivity index (χ3v) is 3.29. The second-order valence-electron chi connectivity index (χ2n) is 4.38. The summed E-state index contributed by atoms with van der Waals surface area (Å²) in [6, 6.07) is 10.2. The summed E-state index contributed by atoms with van der Waals surface area (Å²) in [7, 11) is 3.08. The van der Waals surface area contributed by atoms with E-state index in [0.717, 1.165) is 5.56 Å². The van der Waals surface area contributed by atoms with Crippen LogP contribution in [0, 0.1) is 6.92 Å². The zero-order valence-electron chi connectivity index (χ0n) is 12.0. The molecule has 0 aliphatic carbocycles. The van der Waals surface area contributed by atoms with Gasteiger partial charge in [-0.25, -0.2) is 4.79 Å². The highest BCUT2D eigenvalue weighted by Crippen LogP contribution is 2.23. The van der Waals surface area contributed by atoms with Crippen LogP contribution in [0.15, 0.2) is 36.4 Å². The molecule has 0 N–H and O–H groups in total. The highest BCUT2D eigenvalue weighted by atomic mass is 35.5. The largest absolute Gasteiger partial charge is 0.481 e. The quantitative estimate of drug-likeness (QED) is 0.868. The second kappa shape index (κ2) is 6.45. The third kappa shape index (κ3) is 3.64. The van der Waals surface area contributed by atoms with Crippen LogP contribution in [0.5, 0.6) is 11.6 Å². The van der Waals surface area contributed by atoms with Crippen molar-refractivity contribution in [3.63, 3.8) is 0 Å². The predicted octanol–water partition coefficient (Wildman–Crippen LogP) is 3.69. The minimum atomic E-state index is -0.560. The fourth-order valence-corrected chi connectivity index (χ4v) is 1.77. The molecule has 5 nitrogen and oxygen atoms in total. The van der Waals surface area contributed by atoms with E-state index in [1.54, 1.807) is 43.4 Å². The number of rotatable bonds is 3. The molecule has 1 amide bonds. The van der Waals surface area contributed by atoms with E-state index in [0.29, 0.717) is 22.5 Å². The molecule has 110 valence electrons. The molecular formula is C15H15ClN2O3. The van der Waals surface area contributed by atoms with Crippen LogP contribution in [0.2, 0.25) is 5.02 Å². The monoisotopic (exact) mass is 306 g/mol. The molecular weight excluding hydrogens is 292 g/mol. The third-order valence-electron chi connectivity index (χ3n) is 2.88. The zero-order chi connectivity index (χ0) is 15.4. The van der Waals surface area contributed by atoms with Crippen molar-refractivity contribution < 1.29 is 14.3 Å². The highest BCUT2D eigenvalue weighted by molar-refractivity contribution is 6.31. The van der Waals surface area contributed by atoms with Gasteiger partial charge in [0, 0.05) is 18.1 Å². The summed E-state index contributed by atoms with van der Waals surface area (Å²) < 4.78 is 10.3. The molecule has 6 heteroatoms. The average Bonchev–Trinajstić information content (AvgIpc) is 2.50. The molecule has 2 aromatic rings. The summed E-state index contributed by atoms with van der Waals surface area (Å²) in [5.74, 6) is 1.23. The summed E-state index contributed by atoms with van der Waals surface area (Å²) in [6.07, 6.45) is -0.560. The van der Waals surface area contributed by atoms with E-state index in [1.807, 2.05) is 6.92 Å². The molecule has 21 heavy (non-hydrogen) atoms. The Hall–Kier alpha value is -2.27. The Balaban J connectivity index is 2.13. The molecule has 0 unspecified atom stereocenters. The number of hydrogen-bond acceptors (Lipinski definition) is 4. The number of methoxy groups -OCH3 is 1. The van der Waals surface area contributed by atoms with Gasteiger partial charge < -0.3 is 9.47 Å². The lowest BCUT2D eigenvalue weighted by molar-refractivity contribution is 0.209. The second-order valence-corrected chi connectivity index (χ2v) is 4.78. The maximum Gasteiger partial charge on any atom is 0.420 e. The smallest absolute Gasteiger partial charge is 0.420 e. The minimum Gasteiger partial charge on any atom is -0.481 e. The molecule has 0 spiro atoms.